The second-order valence-corrected chi connectivity index (χ2v) is 9.18. The quantitative estimate of drug-likeness (QED) is 0.496. The molecule has 0 radical (unpaired) electrons. The highest BCUT2D eigenvalue weighted by molar-refractivity contribution is 7.89. The van der Waals surface area contributed by atoms with Gasteiger partial charge >= 0.3 is 0 Å². The molecule has 31 heavy (non-hydrogen) atoms. The summed E-state index contributed by atoms with van der Waals surface area (Å²) in [7, 11) is -2.06. The van der Waals surface area contributed by atoms with Crippen molar-refractivity contribution in [1.82, 2.24) is 14.8 Å². The van der Waals surface area contributed by atoms with Crippen LogP contribution in [0.5, 0.6) is 0 Å². The summed E-state index contributed by atoms with van der Waals surface area (Å²) in [5.41, 5.74) is 1.77. The predicted octanol–water partition coefficient (Wildman–Crippen LogP) is 3.75. The second kappa shape index (κ2) is 10.6. The van der Waals surface area contributed by atoms with E-state index in [1.54, 1.807) is 24.1 Å². The smallest absolute Gasteiger partial charge is 0.242 e. The number of aryl methyl sites for hydroxylation is 1. The van der Waals surface area contributed by atoms with Crippen molar-refractivity contribution in [3.8, 4) is 11.3 Å². The third-order valence-electron chi connectivity index (χ3n) is 4.73. The first-order valence-electron chi connectivity index (χ1n) is 9.86. The van der Waals surface area contributed by atoms with Crippen molar-refractivity contribution in [1.29, 1.82) is 0 Å². The number of nitrogens with zero attached hydrogens (tertiary/aromatic N) is 2. The van der Waals surface area contributed by atoms with E-state index in [9.17, 15) is 13.2 Å². The van der Waals surface area contributed by atoms with Crippen LogP contribution in [0.4, 0.5) is 0 Å². The first-order chi connectivity index (χ1) is 14.9. The number of rotatable bonds is 10. The van der Waals surface area contributed by atoms with Gasteiger partial charge < -0.3 is 9.42 Å². The Labute approximate surface area is 187 Å². The summed E-state index contributed by atoms with van der Waals surface area (Å²) in [5.74, 6) is 0.608. The number of benzene rings is 2. The number of aromatic nitrogens is 1. The molecule has 0 bridgehead atoms. The Kier molecular flexibility index (Phi) is 7.84. The van der Waals surface area contributed by atoms with E-state index in [-0.39, 0.29) is 28.8 Å². The number of hydrogen-bond donors (Lipinski definition) is 1. The number of carbonyl (C=O) groups excluding carboxylic acids is 1. The number of nitrogens with one attached hydrogen (secondary N) is 1. The number of halogens is 1. The topological polar surface area (TPSA) is 92.5 Å². The molecule has 0 aliphatic rings. The van der Waals surface area contributed by atoms with Crippen LogP contribution < -0.4 is 4.72 Å². The van der Waals surface area contributed by atoms with Gasteiger partial charge in [0.2, 0.25) is 15.9 Å². The van der Waals surface area contributed by atoms with Crippen molar-refractivity contribution < 1.29 is 17.7 Å². The van der Waals surface area contributed by atoms with E-state index >= 15 is 0 Å². The molecule has 2 aromatic carbocycles. The Morgan fingerprint density at radius 2 is 1.84 bits per heavy atom. The molecule has 0 saturated carbocycles. The van der Waals surface area contributed by atoms with Crippen molar-refractivity contribution in [3.05, 3.63) is 71.4 Å². The summed E-state index contributed by atoms with van der Waals surface area (Å²) in [6, 6.07) is 17.8. The summed E-state index contributed by atoms with van der Waals surface area (Å²) in [5, 5.41) is 4.22. The van der Waals surface area contributed by atoms with Crippen LogP contribution in [0.1, 0.15) is 18.6 Å². The van der Waals surface area contributed by atoms with Gasteiger partial charge in [0.05, 0.1) is 5.02 Å². The minimum atomic E-state index is -3.76. The fourth-order valence-electron chi connectivity index (χ4n) is 3.01. The van der Waals surface area contributed by atoms with Crippen molar-refractivity contribution in [3.63, 3.8) is 0 Å². The van der Waals surface area contributed by atoms with E-state index in [0.29, 0.717) is 19.4 Å². The minimum Gasteiger partial charge on any atom is -0.361 e. The molecule has 0 fully saturated rings. The molecule has 3 rings (SSSR count). The molecule has 9 heteroatoms. The normalized spacial score (nSPS) is 11.4. The maximum Gasteiger partial charge on any atom is 0.242 e. The molecule has 0 unspecified atom stereocenters. The van der Waals surface area contributed by atoms with Crippen molar-refractivity contribution >= 4 is 27.5 Å². The van der Waals surface area contributed by atoms with Crippen LogP contribution >= 0.6 is 11.6 Å². The zero-order chi connectivity index (χ0) is 22.3. The van der Waals surface area contributed by atoms with E-state index in [4.69, 9.17) is 16.1 Å². The maximum absolute atomic E-state index is 12.3. The first-order valence-corrected chi connectivity index (χ1v) is 11.7. The molecule has 0 aliphatic carbocycles. The van der Waals surface area contributed by atoms with Gasteiger partial charge in [-0.15, -0.1) is 0 Å². The van der Waals surface area contributed by atoms with Crippen LogP contribution in [0, 0.1) is 0 Å². The Hall–Kier alpha value is -2.68. The molecule has 0 aliphatic heterocycles. The minimum absolute atomic E-state index is 0.000556. The zero-order valence-electron chi connectivity index (χ0n) is 17.1. The molecule has 164 valence electrons. The molecule has 0 spiro atoms. The monoisotopic (exact) mass is 461 g/mol. The van der Waals surface area contributed by atoms with Crippen LogP contribution in [0.3, 0.4) is 0 Å². The van der Waals surface area contributed by atoms with E-state index in [1.165, 1.54) is 12.1 Å². The summed E-state index contributed by atoms with van der Waals surface area (Å²) in [4.78, 5) is 13.9. The molecule has 7 nitrogen and oxygen atoms in total. The molecule has 1 amide bonds. The lowest BCUT2D eigenvalue weighted by Crippen LogP contribution is -2.33. The number of sulfonamides is 1. The molecule has 0 atom stereocenters. The third kappa shape index (κ3) is 6.40. The predicted molar refractivity (Wildman–Crippen MR) is 119 cm³/mol. The van der Waals surface area contributed by atoms with Crippen LogP contribution in [0.2, 0.25) is 5.02 Å². The highest BCUT2D eigenvalue weighted by atomic mass is 35.5. The second-order valence-electron chi connectivity index (χ2n) is 7.04. The van der Waals surface area contributed by atoms with Gasteiger partial charge in [0.25, 0.3) is 0 Å². The van der Waals surface area contributed by atoms with Crippen molar-refractivity contribution in [2.24, 2.45) is 0 Å². The van der Waals surface area contributed by atoms with Gasteiger partial charge in [-0.25, -0.2) is 13.1 Å². The van der Waals surface area contributed by atoms with Gasteiger partial charge in [0, 0.05) is 44.6 Å². The van der Waals surface area contributed by atoms with E-state index in [1.807, 2.05) is 36.4 Å². The Balaban J connectivity index is 1.41. The third-order valence-corrected chi connectivity index (χ3v) is 6.69. The maximum atomic E-state index is 12.3. The Bertz CT molecular complexity index is 1120. The number of amides is 1. The molecule has 1 aromatic heterocycles. The summed E-state index contributed by atoms with van der Waals surface area (Å²) in [6.07, 6.45) is 1.41. The summed E-state index contributed by atoms with van der Waals surface area (Å²) < 4.78 is 32.4. The fraction of sp³-hybridized carbons (Fsp3) is 0.273. The van der Waals surface area contributed by atoms with E-state index < -0.39 is 10.0 Å². The largest absolute Gasteiger partial charge is 0.361 e. The van der Waals surface area contributed by atoms with Crippen molar-refractivity contribution in [2.75, 3.05) is 20.1 Å². The van der Waals surface area contributed by atoms with E-state index in [2.05, 4.69) is 9.88 Å². The van der Waals surface area contributed by atoms with Gasteiger partial charge in [-0.3, -0.25) is 4.79 Å². The van der Waals surface area contributed by atoms with Gasteiger partial charge in [0.1, 0.15) is 16.3 Å². The highest BCUT2D eigenvalue weighted by Crippen LogP contribution is 2.20. The average molecular weight is 462 g/mol. The first kappa shape index (κ1) is 23.0. The zero-order valence-corrected chi connectivity index (χ0v) is 18.7. The summed E-state index contributed by atoms with van der Waals surface area (Å²) in [6.45, 7) is 0.525. The molecule has 1 heterocycles. The molecular weight excluding hydrogens is 438 g/mol. The molecule has 3 aromatic rings. The van der Waals surface area contributed by atoms with Crippen LogP contribution in [-0.2, 0) is 21.2 Å². The summed E-state index contributed by atoms with van der Waals surface area (Å²) >= 11 is 5.94. The fourth-order valence-corrected chi connectivity index (χ4v) is 4.56. The van der Waals surface area contributed by atoms with Crippen molar-refractivity contribution in [2.45, 2.75) is 24.2 Å². The molecular formula is C22H24ClN3O4S. The average Bonchev–Trinajstić information content (AvgIpc) is 3.23. The van der Waals surface area contributed by atoms with Crippen LogP contribution in [0.15, 0.2) is 70.1 Å². The lowest BCUT2D eigenvalue weighted by molar-refractivity contribution is -0.129. The van der Waals surface area contributed by atoms with E-state index in [0.717, 1.165) is 17.0 Å². The SMILES string of the molecule is CN(CCCc1cc(-c2ccccc2)no1)C(=O)CCNS(=O)(=O)c1ccccc1Cl. The lowest BCUT2D eigenvalue weighted by Gasteiger charge is -2.17. The Morgan fingerprint density at radius 1 is 1.13 bits per heavy atom. The Morgan fingerprint density at radius 3 is 2.58 bits per heavy atom. The highest BCUT2D eigenvalue weighted by Gasteiger charge is 2.18. The number of carbonyl (C=O) groups is 1. The number of hydrogen-bond acceptors (Lipinski definition) is 5. The van der Waals surface area contributed by atoms with Gasteiger partial charge in [-0.1, -0.05) is 59.2 Å². The van der Waals surface area contributed by atoms with Crippen LogP contribution in [0.25, 0.3) is 11.3 Å². The van der Waals surface area contributed by atoms with Crippen LogP contribution in [-0.4, -0.2) is 44.5 Å². The van der Waals surface area contributed by atoms with Gasteiger partial charge in [-0.05, 0) is 18.6 Å². The molecule has 0 saturated heterocycles. The lowest BCUT2D eigenvalue weighted by atomic mass is 10.1. The standard InChI is InChI=1S/C22H24ClN3O4S/c1-26(15-7-10-18-16-20(25-30-18)17-8-3-2-4-9-17)22(27)13-14-24-31(28,29)21-12-6-5-11-19(21)23/h2-6,8-9,11-12,16,24H,7,10,13-15H2,1H3. The van der Waals surface area contributed by atoms with Gasteiger partial charge in [-0.2, -0.15) is 0 Å². The van der Waals surface area contributed by atoms with Gasteiger partial charge in [0.15, 0.2) is 0 Å². The molecule has 1 N–H and O–H groups in total.